The van der Waals surface area contributed by atoms with Gasteiger partial charge in [0, 0.05) is 23.8 Å². The summed E-state index contributed by atoms with van der Waals surface area (Å²) in [7, 11) is 0. The molecular formula is C11H14ClNO3. The Morgan fingerprint density at radius 2 is 2.12 bits per heavy atom. The van der Waals surface area contributed by atoms with Gasteiger partial charge in [-0.15, -0.1) is 0 Å². The van der Waals surface area contributed by atoms with Crippen LogP contribution >= 0.6 is 11.6 Å². The van der Waals surface area contributed by atoms with Crippen LogP contribution in [0.5, 0.6) is 5.75 Å². The van der Waals surface area contributed by atoms with Crippen LogP contribution in [-0.2, 0) is 0 Å². The summed E-state index contributed by atoms with van der Waals surface area (Å²) >= 11 is 5.79. The van der Waals surface area contributed by atoms with E-state index < -0.39 is 5.54 Å². The highest BCUT2D eigenvalue weighted by Gasteiger charge is 2.31. The average molecular weight is 244 g/mol. The van der Waals surface area contributed by atoms with Crippen molar-refractivity contribution in [1.82, 2.24) is 0 Å². The fraction of sp³-hybridized carbons (Fsp3) is 0.455. The molecule has 0 aromatic heterocycles. The van der Waals surface area contributed by atoms with Crippen molar-refractivity contribution in [3.05, 3.63) is 38.9 Å². The number of nitrogens with zero attached hydrogens (tertiary/aromatic N) is 1. The molecule has 0 aliphatic heterocycles. The highest BCUT2D eigenvalue weighted by molar-refractivity contribution is 6.30. The molecular weight excluding hydrogens is 230 g/mol. The quantitative estimate of drug-likeness (QED) is 0.603. The molecule has 0 bridgehead atoms. The summed E-state index contributed by atoms with van der Waals surface area (Å²) in [6.45, 7) is 4.93. The second kappa shape index (κ2) is 4.70. The zero-order chi connectivity index (χ0) is 12.3. The molecule has 1 rings (SSSR count). The Labute approximate surface area is 99.3 Å². The second-order valence-corrected chi connectivity index (χ2v) is 4.70. The van der Waals surface area contributed by atoms with Gasteiger partial charge in [-0.2, -0.15) is 0 Å². The number of rotatable bonds is 4. The number of halogens is 1. The van der Waals surface area contributed by atoms with E-state index in [4.69, 9.17) is 16.3 Å². The number of hydrogen-bond acceptors (Lipinski definition) is 3. The van der Waals surface area contributed by atoms with Gasteiger partial charge in [-0.1, -0.05) is 11.6 Å². The van der Waals surface area contributed by atoms with E-state index in [0.29, 0.717) is 10.8 Å². The van der Waals surface area contributed by atoms with Crippen LogP contribution in [0.4, 0.5) is 0 Å². The van der Waals surface area contributed by atoms with Crippen molar-refractivity contribution in [2.45, 2.75) is 26.3 Å². The van der Waals surface area contributed by atoms with Crippen molar-refractivity contribution in [2.75, 3.05) is 6.61 Å². The summed E-state index contributed by atoms with van der Waals surface area (Å²) in [5, 5.41) is 11.3. The summed E-state index contributed by atoms with van der Waals surface area (Å²) in [5.74, 6) is 0.624. The Hall–Kier alpha value is -1.29. The van der Waals surface area contributed by atoms with Crippen molar-refractivity contribution >= 4 is 11.6 Å². The lowest BCUT2D eigenvalue weighted by molar-refractivity contribution is -0.562. The number of hydrogen-bond donors (Lipinski definition) is 0. The minimum atomic E-state index is -1.09. The molecule has 0 aliphatic rings. The zero-order valence-electron chi connectivity index (χ0n) is 9.49. The van der Waals surface area contributed by atoms with E-state index in [-0.39, 0.29) is 11.5 Å². The van der Waals surface area contributed by atoms with Crippen molar-refractivity contribution in [2.24, 2.45) is 0 Å². The summed E-state index contributed by atoms with van der Waals surface area (Å²) in [4.78, 5) is 10.3. The minimum absolute atomic E-state index is 0.0302. The summed E-state index contributed by atoms with van der Waals surface area (Å²) < 4.78 is 5.42. The Bertz CT molecular complexity index is 404. The number of aryl methyl sites for hydroxylation is 1. The van der Waals surface area contributed by atoms with Crippen LogP contribution in [0.25, 0.3) is 0 Å². The Morgan fingerprint density at radius 1 is 1.50 bits per heavy atom. The van der Waals surface area contributed by atoms with Gasteiger partial charge in [0.15, 0.2) is 6.61 Å². The molecule has 5 heteroatoms. The van der Waals surface area contributed by atoms with Crippen molar-refractivity contribution in [3.63, 3.8) is 0 Å². The maximum absolute atomic E-state index is 10.7. The summed E-state index contributed by atoms with van der Waals surface area (Å²) in [6.07, 6.45) is 0. The highest BCUT2D eigenvalue weighted by Crippen LogP contribution is 2.23. The topological polar surface area (TPSA) is 52.4 Å². The van der Waals surface area contributed by atoms with Crippen LogP contribution in [0.15, 0.2) is 18.2 Å². The molecule has 0 atom stereocenters. The van der Waals surface area contributed by atoms with Crippen molar-refractivity contribution in [3.8, 4) is 5.75 Å². The summed E-state index contributed by atoms with van der Waals surface area (Å²) in [5.41, 5.74) is -0.224. The third kappa shape index (κ3) is 3.10. The van der Waals surface area contributed by atoms with Crippen molar-refractivity contribution < 1.29 is 9.66 Å². The molecule has 16 heavy (non-hydrogen) atoms. The fourth-order valence-corrected chi connectivity index (χ4v) is 1.31. The maximum Gasteiger partial charge on any atom is 0.250 e. The monoisotopic (exact) mass is 243 g/mol. The molecule has 0 amide bonds. The van der Waals surface area contributed by atoms with Gasteiger partial charge in [0.2, 0.25) is 5.54 Å². The van der Waals surface area contributed by atoms with Gasteiger partial charge in [-0.25, -0.2) is 0 Å². The molecule has 0 heterocycles. The van der Waals surface area contributed by atoms with Gasteiger partial charge in [0.1, 0.15) is 5.75 Å². The van der Waals surface area contributed by atoms with Crippen LogP contribution in [-0.4, -0.2) is 17.1 Å². The van der Waals surface area contributed by atoms with Crippen LogP contribution in [0.3, 0.4) is 0 Å². The number of ether oxygens (including phenoxy) is 1. The maximum atomic E-state index is 10.7. The summed E-state index contributed by atoms with van der Waals surface area (Å²) in [6, 6.07) is 5.17. The van der Waals surface area contributed by atoms with Crippen LogP contribution in [0.1, 0.15) is 19.4 Å². The molecule has 4 nitrogen and oxygen atoms in total. The standard InChI is InChI=1S/C11H14ClNO3/c1-8-6-9(12)4-5-10(8)16-7-11(2,3)13(14)15/h4-6H,7H2,1-3H3. The third-order valence-corrected chi connectivity index (χ3v) is 2.45. The SMILES string of the molecule is Cc1cc(Cl)ccc1OCC(C)(C)[N+](=O)[O-]. The van der Waals surface area contributed by atoms with Crippen LogP contribution in [0.2, 0.25) is 5.02 Å². The molecule has 0 fully saturated rings. The molecule has 0 spiro atoms. The first-order chi connectivity index (χ1) is 7.33. The van der Waals surface area contributed by atoms with E-state index in [1.165, 1.54) is 13.8 Å². The van der Waals surface area contributed by atoms with E-state index in [0.717, 1.165) is 5.56 Å². The van der Waals surface area contributed by atoms with Crippen LogP contribution < -0.4 is 4.74 Å². The largest absolute Gasteiger partial charge is 0.486 e. The van der Waals surface area contributed by atoms with Gasteiger partial charge in [0.25, 0.3) is 0 Å². The molecule has 0 radical (unpaired) electrons. The second-order valence-electron chi connectivity index (χ2n) is 4.27. The smallest absolute Gasteiger partial charge is 0.250 e. The van der Waals surface area contributed by atoms with E-state index >= 15 is 0 Å². The fourth-order valence-electron chi connectivity index (χ4n) is 1.08. The Morgan fingerprint density at radius 3 is 2.62 bits per heavy atom. The molecule has 88 valence electrons. The molecule has 0 aliphatic carbocycles. The van der Waals surface area contributed by atoms with E-state index in [1.807, 2.05) is 6.92 Å². The normalized spacial score (nSPS) is 11.2. The van der Waals surface area contributed by atoms with Gasteiger partial charge >= 0.3 is 0 Å². The Balaban J connectivity index is 2.72. The molecule has 1 aromatic rings. The van der Waals surface area contributed by atoms with Gasteiger partial charge < -0.3 is 4.74 Å². The van der Waals surface area contributed by atoms with Gasteiger partial charge in [-0.3, -0.25) is 10.1 Å². The average Bonchev–Trinajstić information content (AvgIpc) is 2.16. The lowest BCUT2D eigenvalue weighted by Gasteiger charge is -2.17. The van der Waals surface area contributed by atoms with E-state index in [1.54, 1.807) is 18.2 Å². The lowest BCUT2D eigenvalue weighted by atomic mass is 10.1. The number of benzene rings is 1. The van der Waals surface area contributed by atoms with Gasteiger partial charge in [-0.05, 0) is 30.7 Å². The predicted octanol–water partition coefficient (Wildman–Crippen LogP) is 3.08. The zero-order valence-corrected chi connectivity index (χ0v) is 10.2. The van der Waals surface area contributed by atoms with Gasteiger partial charge in [0.05, 0.1) is 0 Å². The predicted molar refractivity (Wildman–Crippen MR) is 62.8 cm³/mol. The van der Waals surface area contributed by atoms with Crippen LogP contribution in [0, 0.1) is 17.0 Å². The van der Waals surface area contributed by atoms with Crippen molar-refractivity contribution in [1.29, 1.82) is 0 Å². The third-order valence-electron chi connectivity index (χ3n) is 2.21. The first-order valence-corrected chi connectivity index (χ1v) is 5.24. The Kier molecular flexibility index (Phi) is 3.75. The molecule has 1 aromatic carbocycles. The minimum Gasteiger partial charge on any atom is -0.486 e. The molecule has 0 saturated carbocycles. The molecule has 0 saturated heterocycles. The lowest BCUT2D eigenvalue weighted by Crippen LogP contribution is -2.37. The van der Waals surface area contributed by atoms with E-state index in [2.05, 4.69) is 0 Å². The first-order valence-electron chi connectivity index (χ1n) is 4.86. The number of nitro groups is 1. The molecule has 0 N–H and O–H groups in total. The highest BCUT2D eigenvalue weighted by atomic mass is 35.5. The van der Waals surface area contributed by atoms with E-state index in [9.17, 15) is 10.1 Å². The molecule has 0 unspecified atom stereocenters. The first kappa shape index (κ1) is 12.8.